The summed E-state index contributed by atoms with van der Waals surface area (Å²) in [7, 11) is 0. The number of aryl methyl sites for hydroxylation is 1. The van der Waals surface area contributed by atoms with Crippen molar-refractivity contribution in [3.05, 3.63) is 50.2 Å². The van der Waals surface area contributed by atoms with E-state index in [9.17, 15) is 9.18 Å². The Labute approximate surface area is 168 Å². The number of unbranched alkanes of at least 4 members (excludes halogenated alkanes) is 2. The molecule has 0 fully saturated rings. The zero-order chi connectivity index (χ0) is 20.0. The van der Waals surface area contributed by atoms with E-state index in [0.717, 1.165) is 43.3 Å². The summed E-state index contributed by atoms with van der Waals surface area (Å²) in [5.74, 6) is 0.300. The minimum absolute atomic E-state index is 0.0119. The van der Waals surface area contributed by atoms with Gasteiger partial charge in [0.15, 0.2) is 0 Å². The summed E-state index contributed by atoms with van der Waals surface area (Å²) in [4.78, 5) is 19.4. The molecule has 0 spiro atoms. The molecule has 1 aromatic carbocycles. The van der Waals surface area contributed by atoms with E-state index < -0.39 is 11.4 Å². The van der Waals surface area contributed by atoms with Crippen molar-refractivity contribution >= 4 is 29.0 Å². The first-order valence-corrected chi connectivity index (χ1v) is 9.85. The van der Waals surface area contributed by atoms with Crippen LogP contribution >= 0.6 is 23.2 Å². The largest absolute Gasteiger partial charge is 0.356 e. The first-order chi connectivity index (χ1) is 12.9. The third kappa shape index (κ3) is 5.21. The van der Waals surface area contributed by atoms with Gasteiger partial charge in [0.25, 0.3) is 5.56 Å². The highest BCUT2D eigenvalue weighted by atomic mass is 35.5. The molecular weight excluding hydrogens is 390 g/mol. The topological polar surface area (TPSA) is 64.2 Å². The molecule has 0 radical (unpaired) electrons. The lowest BCUT2D eigenvalue weighted by atomic mass is 10.2. The highest BCUT2D eigenvalue weighted by molar-refractivity contribution is 6.43. The van der Waals surface area contributed by atoms with Crippen molar-refractivity contribution in [2.75, 3.05) is 24.5 Å². The van der Waals surface area contributed by atoms with Gasteiger partial charge in [0.05, 0.1) is 10.0 Å². The van der Waals surface area contributed by atoms with E-state index in [1.807, 2.05) is 0 Å². The number of benzene rings is 1. The molecule has 0 amide bonds. The second-order valence-corrected chi connectivity index (χ2v) is 7.15. The molecule has 5 nitrogen and oxygen atoms in total. The smallest absolute Gasteiger partial charge is 0.260 e. The van der Waals surface area contributed by atoms with Gasteiger partial charge < -0.3 is 10.6 Å². The molecule has 1 heterocycles. The average molecular weight is 415 g/mol. The van der Waals surface area contributed by atoms with Crippen molar-refractivity contribution in [3.8, 4) is 5.69 Å². The zero-order valence-corrected chi connectivity index (χ0v) is 17.2. The molecular formula is C19H25Cl2FN4O. The van der Waals surface area contributed by atoms with E-state index in [2.05, 4.69) is 16.8 Å². The number of nitrogens with zero attached hydrogens (tertiary/aromatic N) is 3. The van der Waals surface area contributed by atoms with Gasteiger partial charge in [-0.15, -0.1) is 0 Å². The van der Waals surface area contributed by atoms with Gasteiger partial charge in [0.2, 0.25) is 0 Å². The molecule has 2 rings (SSSR count). The Morgan fingerprint density at radius 3 is 2.56 bits per heavy atom. The fourth-order valence-electron chi connectivity index (χ4n) is 2.87. The second kappa shape index (κ2) is 10.1. The molecule has 1 aromatic heterocycles. The standard InChI is InChI=1S/C19H25Cl2FN4O/c1-3-4-10-25(11-6-5-9-23)16-12-17(27)26(13(2)24-16)19-15(22)8-7-14(20)18(19)21/h7-8,12H,3-6,9-11,23H2,1-2H3. The first-order valence-electron chi connectivity index (χ1n) is 9.10. The third-order valence-electron chi connectivity index (χ3n) is 4.30. The lowest BCUT2D eigenvalue weighted by Gasteiger charge is -2.24. The maximum atomic E-state index is 14.4. The van der Waals surface area contributed by atoms with Gasteiger partial charge in [0.1, 0.15) is 23.1 Å². The van der Waals surface area contributed by atoms with Gasteiger partial charge in [-0.2, -0.15) is 0 Å². The van der Waals surface area contributed by atoms with Gasteiger partial charge in [-0.1, -0.05) is 36.5 Å². The maximum Gasteiger partial charge on any atom is 0.260 e. The van der Waals surface area contributed by atoms with Crippen LogP contribution < -0.4 is 16.2 Å². The third-order valence-corrected chi connectivity index (χ3v) is 5.10. The molecule has 0 aliphatic heterocycles. The Bertz CT molecular complexity index is 841. The van der Waals surface area contributed by atoms with E-state index in [1.165, 1.54) is 18.2 Å². The minimum Gasteiger partial charge on any atom is -0.356 e. The van der Waals surface area contributed by atoms with Crippen LogP contribution in [0.4, 0.5) is 10.2 Å². The number of aromatic nitrogens is 2. The van der Waals surface area contributed by atoms with Gasteiger partial charge in [-0.25, -0.2) is 9.37 Å². The normalized spacial score (nSPS) is 11.0. The number of nitrogens with two attached hydrogens (primary N) is 1. The number of hydrogen-bond acceptors (Lipinski definition) is 4. The molecule has 8 heteroatoms. The van der Waals surface area contributed by atoms with Gasteiger partial charge in [-0.3, -0.25) is 9.36 Å². The van der Waals surface area contributed by atoms with Crippen molar-refractivity contribution in [1.82, 2.24) is 9.55 Å². The summed E-state index contributed by atoms with van der Waals surface area (Å²) in [6, 6.07) is 3.96. The highest BCUT2D eigenvalue weighted by Gasteiger charge is 2.18. The van der Waals surface area contributed by atoms with Crippen LogP contribution in [0.1, 0.15) is 38.4 Å². The van der Waals surface area contributed by atoms with Crippen molar-refractivity contribution in [2.45, 2.75) is 39.5 Å². The van der Waals surface area contributed by atoms with Crippen molar-refractivity contribution in [1.29, 1.82) is 0 Å². The number of hydrogen-bond donors (Lipinski definition) is 1. The average Bonchev–Trinajstić information content (AvgIpc) is 2.63. The van der Waals surface area contributed by atoms with E-state index in [-0.39, 0.29) is 15.7 Å². The number of anilines is 1. The molecule has 148 valence electrons. The molecule has 0 unspecified atom stereocenters. The Morgan fingerprint density at radius 2 is 1.93 bits per heavy atom. The zero-order valence-electron chi connectivity index (χ0n) is 15.6. The molecule has 0 saturated carbocycles. The predicted octanol–water partition coefficient (Wildman–Crippen LogP) is 4.33. The molecule has 0 aliphatic rings. The summed E-state index contributed by atoms with van der Waals surface area (Å²) in [5, 5.41) is 0.164. The second-order valence-electron chi connectivity index (χ2n) is 6.36. The molecule has 0 atom stereocenters. The number of rotatable bonds is 9. The summed E-state index contributed by atoms with van der Waals surface area (Å²) < 4.78 is 15.5. The fourth-order valence-corrected chi connectivity index (χ4v) is 3.27. The van der Waals surface area contributed by atoms with E-state index >= 15 is 0 Å². The molecule has 27 heavy (non-hydrogen) atoms. The predicted molar refractivity (Wildman–Crippen MR) is 110 cm³/mol. The molecule has 0 aliphatic carbocycles. The van der Waals surface area contributed by atoms with Crippen LogP contribution in [0.25, 0.3) is 5.69 Å². The summed E-state index contributed by atoms with van der Waals surface area (Å²) >= 11 is 12.1. The summed E-state index contributed by atoms with van der Waals surface area (Å²) in [5.41, 5.74) is 5.10. The maximum absolute atomic E-state index is 14.4. The minimum atomic E-state index is -0.630. The SMILES string of the molecule is CCCCN(CCCCN)c1cc(=O)n(-c2c(F)ccc(Cl)c2Cl)c(C)n1. The molecule has 0 saturated heterocycles. The van der Waals surface area contributed by atoms with Crippen molar-refractivity contribution < 1.29 is 4.39 Å². The lowest BCUT2D eigenvalue weighted by molar-refractivity contribution is 0.611. The quantitative estimate of drug-likeness (QED) is 0.489. The monoisotopic (exact) mass is 414 g/mol. The number of halogens is 3. The van der Waals surface area contributed by atoms with Crippen LogP contribution in [-0.2, 0) is 0 Å². The van der Waals surface area contributed by atoms with Gasteiger partial charge in [0, 0.05) is 19.2 Å². The van der Waals surface area contributed by atoms with E-state index in [4.69, 9.17) is 28.9 Å². The van der Waals surface area contributed by atoms with Crippen LogP contribution in [-0.4, -0.2) is 29.2 Å². The van der Waals surface area contributed by atoms with Crippen LogP contribution in [0.2, 0.25) is 10.0 Å². The van der Waals surface area contributed by atoms with Crippen LogP contribution in [0.5, 0.6) is 0 Å². The van der Waals surface area contributed by atoms with Crippen LogP contribution in [0, 0.1) is 12.7 Å². The Hall–Kier alpha value is -1.63. The lowest BCUT2D eigenvalue weighted by Crippen LogP contribution is -2.31. The Morgan fingerprint density at radius 1 is 1.22 bits per heavy atom. The van der Waals surface area contributed by atoms with Gasteiger partial charge >= 0.3 is 0 Å². The van der Waals surface area contributed by atoms with E-state index in [1.54, 1.807) is 6.92 Å². The molecule has 0 bridgehead atoms. The summed E-state index contributed by atoms with van der Waals surface area (Å²) in [6.07, 6.45) is 3.84. The first kappa shape index (κ1) is 21.7. The van der Waals surface area contributed by atoms with Crippen LogP contribution in [0.3, 0.4) is 0 Å². The highest BCUT2D eigenvalue weighted by Crippen LogP contribution is 2.30. The molecule has 2 N–H and O–H groups in total. The van der Waals surface area contributed by atoms with Crippen molar-refractivity contribution in [3.63, 3.8) is 0 Å². The van der Waals surface area contributed by atoms with E-state index in [0.29, 0.717) is 18.2 Å². The Kier molecular flexibility index (Phi) is 8.07. The van der Waals surface area contributed by atoms with Crippen LogP contribution in [0.15, 0.2) is 23.0 Å². The summed E-state index contributed by atoms with van der Waals surface area (Å²) in [6.45, 7) is 5.95. The van der Waals surface area contributed by atoms with Crippen molar-refractivity contribution in [2.24, 2.45) is 5.73 Å². The van der Waals surface area contributed by atoms with Gasteiger partial charge in [-0.05, 0) is 44.9 Å². The fraction of sp³-hybridized carbons (Fsp3) is 0.474. The Balaban J connectivity index is 2.46. The molecule has 2 aromatic rings.